The van der Waals surface area contributed by atoms with Gasteiger partial charge in [-0.05, 0) is 0 Å². The Labute approximate surface area is 86.1 Å². The third-order valence-corrected chi connectivity index (χ3v) is 0. The van der Waals surface area contributed by atoms with Gasteiger partial charge in [0.05, 0.1) is 0 Å². The van der Waals surface area contributed by atoms with E-state index >= 15 is 0 Å². The molecule has 5 heavy (non-hydrogen) atoms. The second-order valence-electron chi connectivity index (χ2n) is 0.0745. The van der Waals surface area contributed by atoms with Crippen molar-refractivity contribution in [3.05, 3.63) is 10.1 Å². The minimum absolute atomic E-state index is 0. The molecule has 0 aromatic heterocycles. The molecule has 3 nitrogen and oxygen atoms in total. The molecule has 0 bridgehead atoms. The maximum absolute atomic E-state index is 8.00. The minimum atomic E-state index is 0. The van der Waals surface area contributed by atoms with E-state index in [0.717, 1.165) is 5.34 Å². The monoisotopic (exact) mass is 280 g/mol. The zero-order valence-corrected chi connectivity index (χ0v) is 7.98. The molecule has 0 N–H and O–H groups in total. The molecule has 0 aliphatic heterocycles. The van der Waals surface area contributed by atoms with Gasteiger partial charge >= 0.3 is 51.4 Å². The average molecular weight is 280 g/mol. The van der Waals surface area contributed by atoms with E-state index in [2.05, 4.69) is 0 Å². The molecule has 0 aliphatic carbocycles. The number of hydrogen-bond acceptors (Lipinski definition) is 3. The molecule has 0 aromatic rings. The van der Waals surface area contributed by atoms with Gasteiger partial charge in [0.15, 0.2) is 0 Å². The quantitative estimate of drug-likeness (QED) is 0.274. The molecule has 0 amide bonds. The Bertz CT molecular complexity index is 17.1. The first-order valence-electron chi connectivity index (χ1n) is 0.365. The Balaban J connectivity index is -0.0000000200. The van der Waals surface area contributed by atoms with Crippen LogP contribution in [0.15, 0.2) is 5.34 Å². The first kappa shape index (κ1) is 15.9. The van der Waals surface area contributed by atoms with E-state index in [0.29, 0.717) is 0 Å². The van der Waals surface area contributed by atoms with Gasteiger partial charge in [-0.15, -0.1) is 5.34 Å². The van der Waals surface area contributed by atoms with Gasteiger partial charge in [-0.3, -0.25) is 0 Å². The summed E-state index contributed by atoms with van der Waals surface area (Å²) < 4.78 is 0. The van der Waals surface area contributed by atoms with Crippen LogP contribution in [0.1, 0.15) is 0 Å². The van der Waals surface area contributed by atoms with E-state index in [1.165, 1.54) is 0 Å². The summed E-state index contributed by atoms with van der Waals surface area (Å²) in [4.78, 5) is 8.00. The minimum Gasteiger partial charge on any atom is -0.444 e. The topological polar surface area (TPSA) is 52.5 Å². The Morgan fingerprint density at radius 1 is 1.60 bits per heavy atom. The summed E-state index contributed by atoms with van der Waals surface area (Å²) in [6.07, 6.45) is 0. The van der Waals surface area contributed by atoms with Gasteiger partial charge in [0, 0.05) is 21.1 Å². The largest absolute Gasteiger partial charge is 1.00 e. The zero-order valence-electron chi connectivity index (χ0n) is 2.58. The van der Waals surface area contributed by atoms with Crippen LogP contribution < -0.4 is 51.4 Å². The van der Waals surface area contributed by atoms with Crippen LogP contribution in [0, 0.1) is 10.1 Å². The first-order valence-corrected chi connectivity index (χ1v) is 0.365. The first-order chi connectivity index (χ1) is 1.41. The molecular weight excluding hydrogens is 280 g/mol. The fourth-order valence-electron chi connectivity index (χ4n) is 0. The Morgan fingerprint density at radius 2 is 1.60 bits per heavy atom. The van der Waals surface area contributed by atoms with Crippen LogP contribution in [0.25, 0.3) is 0 Å². The Kier molecular flexibility index (Phi) is 54.7. The van der Waals surface area contributed by atoms with Crippen molar-refractivity contribution in [3.63, 3.8) is 0 Å². The predicted molar refractivity (Wildman–Crippen MR) is 9.16 cm³/mol. The van der Waals surface area contributed by atoms with E-state index in [1.54, 1.807) is 0 Å². The predicted octanol–water partition coefficient (Wildman–Crippen LogP) is -2.75. The molecule has 0 aliphatic rings. The Hall–Kier alpha value is 1.72. The molecule has 0 rings (SSSR count). The van der Waals surface area contributed by atoms with Crippen LogP contribution >= 0.6 is 0 Å². The van der Waals surface area contributed by atoms with E-state index in [-0.39, 0.29) is 72.4 Å². The van der Waals surface area contributed by atoms with Crippen molar-refractivity contribution in [1.29, 1.82) is 0 Å². The van der Waals surface area contributed by atoms with Crippen LogP contribution in [-0.2, 0) is 21.1 Å². The van der Waals surface area contributed by atoms with Gasteiger partial charge in [-0.1, -0.05) is 0 Å². The molecule has 0 heterocycles. The molecule has 5 heteroatoms. The van der Waals surface area contributed by atoms with Crippen LogP contribution in [0.4, 0.5) is 0 Å². The summed E-state index contributed by atoms with van der Waals surface area (Å²) in [6.45, 7) is 0. The molecule has 0 fully saturated rings. The van der Waals surface area contributed by atoms with Crippen LogP contribution in [0.5, 0.6) is 0 Å². The van der Waals surface area contributed by atoms with E-state index in [1.807, 2.05) is 0 Å². The molecular formula is KNO2Pt. The fourth-order valence-corrected chi connectivity index (χ4v) is 0. The van der Waals surface area contributed by atoms with Gasteiger partial charge in [-0.2, -0.15) is 0 Å². The van der Waals surface area contributed by atoms with E-state index in [4.69, 9.17) is 10.1 Å². The second-order valence-corrected chi connectivity index (χ2v) is 0.0745. The van der Waals surface area contributed by atoms with Crippen molar-refractivity contribution >= 4 is 0 Å². The van der Waals surface area contributed by atoms with Gasteiger partial charge in [0.2, 0.25) is 0 Å². The molecule has 0 saturated carbocycles. The van der Waals surface area contributed by atoms with Crippen molar-refractivity contribution in [1.82, 2.24) is 0 Å². The normalized spacial score (nSPS) is 2.40. The van der Waals surface area contributed by atoms with Crippen molar-refractivity contribution in [3.8, 4) is 0 Å². The van der Waals surface area contributed by atoms with E-state index in [9.17, 15) is 0 Å². The summed E-state index contributed by atoms with van der Waals surface area (Å²) in [5.74, 6) is 0. The van der Waals surface area contributed by atoms with Gasteiger partial charge in [0.1, 0.15) is 0 Å². The molecule has 0 radical (unpaired) electrons. The van der Waals surface area contributed by atoms with E-state index < -0.39 is 0 Å². The van der Waals surface area contributed by atoms with Crippen molar-refractivity contribution in [2.75, 3.05) is 0 Å². The SMILES string of the molecule is O=N[O-].[K+].[Pt]. The molecule has 0 atom stereocenters. The second kappa shape index (κ2) is 17.2. The third-order valence-electron chi connectivity index (χ3n) is 0. The summed E-state index contributed by atoms with van der Waals surface area (Å²) >= 11 is 0. The summed E-state index contributed by atoms with van der Waals surface area (Å²) in [5, 5.41) is 9.00. The molecule has 0 spiro atoms. The summed E-state index contributed by atoms with van der Waals surface area (Å²) in [6, 6.07) is 0. The van der Waals surface area contributed by atoms with Crippen molar-refractivity contribution < 1.29 is 72.4 Å². The maximum atomic E-state index is 8.00. The van der Waals surface area contributed by atoms with Crippen LogP contribution in [-0.4, -0.2) is 0 Å². The van der Waals surface area contributed by atoms with Crippen molar-refractivity contribution in [2.45, 2.75) is 0 Å². The van der Waals surface area contributed by atoms with Crippen LogP contribution in [0.2, 0.25) is 0 Å². The zero-order chi connectivity index (χ0) is 2.71. The van der Waals surface area contributed by atoms with Crippen molar-refractivity contribution in [2.24, 2.45) is 5.34 Å². The standard InChI is InChI=1S/K.HNO2.Pt/c;2-1-3;/h;(H,2,3);/q+1;;/p-1. The molecule has 0 aromatic carbocycles. The average Bonchev–Trinajstić information content (AvgIpc) is 0.918. The summed E-state index contributed by atoms with van der Waals surface area (Å²) in [7, 11) is 0. The molecule has 0 saturated heterocycles. The summed E-state index contributed by atoms with van der Waals surface area (Å²) in [5.41, 5.74) is 0. The number of nitrogens with zero attached hydrogens (tertiary/aromatic N) is 1. The molecule has 28 valence electrons. The van der Waals surface area contributed by atoms with Gasteiger partial charge in [0.25, 0.3) is 0 Å². The Morgan fingerprint density at radius 3 is 1.60 bits per heavy atom. The molecule has 0 unspecified atom stereocenters. The van der Waals surface area contributed by atoms with Gasteiger partial charge in [-0.25, -0.2) is 0 Å². The maximum Gasteiger partial charge on any atom is 1.00 e. The van der Waals surface area contributed by atoms with Crippen LogP contribution in [0.3, 0.4) is 0 Å². The fraction of sp³-hybridized carbons (Fsp3) is 0. The smallest absolute Gasteiger partial charge is 0.444 e. The third kappa shape index (κ3) is 26.7. The number of hydrogen-bond donors (Lipinski definition) is 0. The number of rotatable bonds is 0. The van der Waals surface area contributed by atoms with Gasteiger partial charge < -0.3 is 10.1 Å².